The molecule has 14 heavy (non-hydrogen) atoms. The van der Waals surface area contributed by atoms with E-state index in [1.54, 1.807) is 6.08 Å². The Morgan fingerprint density at radius 1 is 1.50 bits per heavy atom. The van der Waals surface area contributed by atoms with Gasteiger partial charge in [0.2, 0.25) is 0 Å². The Balaban J connectivity index is 2.87. The molecule has 0 saturated heterocycles. The maximum absolute atomic E-state index is 10.8. The molecule has 0 aliphatic carbocycles. The fraction of sp³-hybridized carbons (Fsp3) is 0.182. The quantitative estimate of drug-likeness (QED) is 0.440. The van der Waals surface area contributed by atoms with Crippen LogP contribution in [0.2, 0.25) is 0 Å². The van der Waals surface area contributed by atoms with Gasteiger partial charge in [0.1, 0.15) is 0 Å². The number of hydrogen-bond acceptors (Lipinski definition) is 3. The number of ether oxygens (including phenoxy) is 1. The van der Waals surface area contributed by atoms with Crippen LogP contribution >= 0.6 is 0 Å². The molecule has 0 bridgehead atoms. The number of benzene rings is 1. The molecule has 0 unspecified atom stereocenters. The van der Waals surface area contributed by atoms with Gasteiger partial charge >= 0.3 is 5.97 Å². The summed E-state index contributed by atoms with van der Waals surface area (Å²) < 4.78 is 4.47. The van der Waals surface area contributed by atoms with Crippen molar-refractivity contribution in [1.82, 2.24) is 0 Å². The minimum atomic E-state index is -0.384. The van der Waals surface area contributed by atoms with Crippen LogP contribution in [0.5, 0.6) is 0 Å². The van der Waals surface area contributed by atoms with Crippen molar-refractivity contribution in [2.75, 3.05) is 12.8 Å². The Kier molecular flexibility index (Phi) is 3.29. The van der Waals surface area contributed by atoms with Gasteiger partial charge in [-0.3, -0.25) is 0 Å². The second-order valence-electron chi connectivity index (χ2n) is 2.99. The molecule has 2 N–H and O–H groups in total. The first-order chi connectivity index (χ1) is 6.63. The molecular formula is C11H13NO2. The molecule has 0 fully saturated rings. The summed E-state index contributed by atoms with van der Waals surface area (Å²) in [5, 5.41) is 0. The third-order valence-electron chi connectivity index (χ3n) is 1.84. The standard InChI is InChI=1S/C11H13NO2/c1-8-3-4-9(10(12)7-8)5-6-11(13)14-2/h3-7H,12H2,1-2H3/b6-5+. The predicted octanol–water partition coefficient (Wildman–Crippen LogP) is 1.76. The summed E-state index contributed by atoms with van der Waals surface area (Å²) in [6.07, 6.45) is 2.99. The minimum Gasteiger partial charge on any atom is -0.466 e. The lowest BCUT2D eigenvalue weighted by molar-refractivity contribution is -0.134. The summed E-state index contributed by atoms with van der Waals surface area (Å²) >= 11 is 0. The summed E-state index contributed by atoms with van der Waals surface area (Å²) in [7, 11) is 1.34. The highest BCUT2D eigenvalue weighted by molar-refractivity contribution is 5.88. The molecule has 0 saturated carbocycles. The first-order valence-electron chi connectivity index (χ1n) is 4.25. The molecule has 0 heterocycles. The van der Waals surface area contributed by atoms with Gasteiger partial charge in [-0.05, 0) is 30.2 Å². The Bertz CT molecular complexity index is 370. The molecule has 0 radical (unpaired) electrons. The highest BCUT2D eigenvalue weighted by atomic mass is 16.5. The van der Waals surface area contributed by atoms with E-state index in [-0.39, 0.29) is 5.97 Å². The maximum Gasteiger partial charge on any atom is 0.330 e. The van der Waals surface area contributed by atoms with E-state index < -0.39 is 0 Å². The van der Waals surface area contributed by atoms with Gasteiger partial charge in [0, 0.05) is 11.8 Å². The first-order valence-corrected chi connectivity index (χ1v) is 4.25. The smallest absolute Gasteiger partial charge is 0.330 e. The lowest BCUT2D eigenvalue weighted by Crippen LogP contribution is -1.94. The monoisotopic (exact) mass is 191 g/mol. The van der Waals surface area contributed by atoms with Gasteiger partial charge in [-0.1, -0.05) is 12.1 Å². The highest BCUT2D eigenvalue weighted by Crippen LogP contribution is 2.15. The van der Waals surface area contributed by atoms with Crippen LogP contribution in [0.4, 0.5) is 5.69 Å². The normalized spacial score (nSPS) is 10.4. The van der Waals surface area contributed by atoms with Gasteiger partial charge in [-0.15, -0.1) is 0 Å². The third kappa shape index (κ3) is 2.62. The van der Waals surface area contributed by atoms with Crippen molar-refractivity contribution in [1.29, 1.82) is 0 Å². The van der Waals surface area contributed by atoms with Crippen LogP contribution < -0.4 is 5.73 Å². The average Bonchev–Trinajstić information content (AvgIpc) is 2.16. The fourth-order valence-corrected chi connectivity index (χ4v) is 1.07. The van der Waals surface area contributed by atoms with Crippen molar-refractivity contribution in [2.45, 2.75) is 6.92 Å². The van der Waals surface area contributed by atoms with Gasteiger partial charge in [0.15, 0.2) is 0 Å². The molecule has 0 amide bonds. The van der Waals surface area contributed by atoms with E-state index in [2.05, 4.69) is 4.74 Å². The third-order valence-corrected chi connectivity index (χ3v) is 1.84. The number of esters is 1. The Hall–Kier alpha value is -1.77. The second-order valence-corrected chi connectivity index (χ2v) is 2.99. The molecular weight excluding hydrogens is 178 g/mol. The molecule has 74 valence electrons. The van der Waals surface area contributed by atoms with Gasteiger partial charge in [0.05, 0.1) is 7.11 Å². The number of anilines is 1. The van der Waals surface area contributed by atoms with Crippen molar-refractivity contribution in [2.24, 2.45) is 0 Å². The summed E-state index contributed by atoms with van der Waals surface area (Å²) in [6.45, 7) is 1.96. The molecule has 3 heteroatoms. The number of methoxy groups -OCH3 is 1. The van der Waals surface area contributed by atoms with Crippen LogP contribution in [0.25, 0.3) is 6.08 Å². The Morgan fingerprint density at radius 3 is 2.79 bits per heavy atom. The summed E-state index contributed by atoms with van der Waals surface area (Å²) in [5.41, 5.74) is 8.32. The largest absolute Gasteiger partial charge is 0.466 e. The van der Waals surface area contributed by atoms with Crippen LogP contribution in [0.1, 0.15) is 11.1 Å². The Morgan fingerprint density at radius 2 is 2.21 bits per heavy atom. The topological polar surface area (TPSA) is 52.3 Å². The lowest BCUT2D eigenvalue weighted by atomic mass is 10.1. The second kappa shape index (κ2) is 4.46. The van der Waals surface area contributed by atoms with Crippen LogP contribution in [0.15, 0.2) is 24.3 Å². The number of nitrogens with two attached hydrogens (primary N) is 1. The number of carbonyl (C=O) groups is 1. The van der Waals surface area contributed by atoms with E-state index in [1.807, 2.05) is 25.1 Å². The van der Waals surface area contributed by atoms with E-state index in [4.69, 9.17) is 5.73 Å². The summed E-state index contributed by atoms with van der Waals surface area (Å²) in [4.78, 5) is 10.8. The Labute approximate surface area is 83.2 Å². The van der Waals surface area contributed by atoms with E-state index in [9.17, 15) is 4.79 Å². The van der Waals surface area contributed by atoms with E-state index in [1.165, 1.54) is 13.2 Å². The number of hydrogen-bond donors (Lipinski definition) is 1. The SMILES string of the molecule is COC(=O)/C=C/c1ccc(C)cc1N. The van der Waals surface area contributed by atoms with Crippen molar-refractivity contribution < 1.29 is 9.53 Å². The van der Waals surface area contributed by atoms with Crippen LogP contribution in [0, 0.1) is 6.92 Å². The van der Waals surface area contributed by atoms with E-state index in [0.29, 0.717) is 5.69 Å². The molecule has 1 aromatic carbocycles. The molecule has 0 aliphatic heterocycles. The van der Waals surface area contributed by atoms with Gasteiger partial charge in [-0.2, -0.15) is 0 Å². The molecule has 1 rings (SSSR count). The van der Waals surface area contributed by atoms with E-state index in [0.717, 1.165) is 11.1 Å². The first kappa shape index (κ1) is 10.3. The predicted molar refractivity (Wildman–Crippen MR) is 56.6 cm³/mol. The number of rotatable bonds is 2. The maximum atomic E-state index is 10.8. The summed E-state index contributed by atoms with van der Waals surface area (Å²) in [5.74, 6) is -0.384. The van der Waals surface area contributed by atoms with Crippen molar-refractivity contribution >= 4 is 17.7 Å². The van der Waals surface area contributed by atoms with E-state index >= 15 is 0 Å². The van der Waals surface area contributed by atoms with Crippen molar-refractivity contribution in [3.05, 3.63) is 35.4 Å². The van der Waals surface area contributed by atoms with Crippen LogP contribution in [0.3, 0.4) is 0 Å². The molecule has 0 aliphatic rings. The average molecular weight is 191 g/mol. The molecule has 0 aromatic heterocycles. The van der Waals surface area contributed by atoms with Gasteiger partial charge in [0.25, 0.3) is 0 Å². The molecule has 3 nitrogen and oxygen atoms in total. The highest BCUT2D eigenvalue weighted by Gasteiger charge is 1.96. The van der Waals surface area contributed by atoms with Gasteiger partial charge < -0.3 is 10.5 Å². The van der Waals surface area contributed by atoms with Crippen LogP contribution in [-0.4, -0.2) is 13.1 Å². The van der Waals surface area contributed by atoms with Gasteiger partial charge in [-0.25, -0.2) is 4.79 Å². The zero-order valence-electron chi connectivity index (χ0n) is 8.28. The number of carbonyl (C=O) groups excluding carboxylic acids is 1. The fourth-order valence-electron chi connectivity index (χ4n) is 1.07. The number of nitrogen functional groups attached to an aromatic ring is 1. The molecule has 0 spiro atoms. The van der Waals surface area contributed by atoms with Crippen LogP contribution in [-0.2, 0) is 9.53 Å². The zero-order valence-corrected chi connectivity index (χ0v) is 8.28. The van der Waals surface area contributed by atoms with Crippen molar-refractivity contribution in [3.63, 3.8) is 0 Å². The molecule has 1 aromatic rings. The zero-order chi connectivity index (χ0) is 10.6. The minimum absolute atomic E-state index is 0.384. The lowest BCUT2D eigenvalue weighted by Gasteiger charge is -2.00. The van der Waals surface area contributed by atoms with Crippen molar-refractivity contribution in [3.8, 4) is 0 Å². The number of aryl methyl sites for hydroxylation is 1. The molecule has 0 atom stereocenters. The summed E-state index contributed by atoms with van der Waals surface area (Å²) in [6, 6.07) is 5.66.